The van der Waals surface area contributed by atoms with Crippen LogP contribution in [0.15, 0.2) is 30.3 Å². The van der Waals surface area contributed by atoms with E-state index in [1.54, 1.807) is 24.3 Å². The summed E-state index contributed by atoms with van der Waals surface area (Å²) in [6, 6.07) is 8.84. The predicted octanol–water partition coefficient (Wildman–Crippen LogP) is 0.401. The summed E-state index contributed by atoms with van der Waals surface area (Å²) < 4.78 is 10.4. The molecule has 1 N–H and O–H groups in total. The first-order valence-electron chi connectivity index (χ1n) is 5.82. The molecule has 0 aromatic heterocycles. The Bertz CT molecular complexity index is 412. The van der Waals surface area contributed by atoms with Gasteiger partial charge in [-0.3, -0.25) is 9.59 Å². The normalized spacial score (nSPS) is 19.2. The zero-order valence-electron chi connectivity index (χ0n) is 9.93. The summed E-state index contributed by atoms with van der Waals surface area (Å²) in [4.78, 5) is 23.4. The van der Waals surface area contributed by atoms with Gasteiger partial charge in [-0.2, -0.15) is 0 Å². The SMILES string of the molecule is O=C(CNC(=O)C1COCCO1)c1ccccc1. The highest BCUT2D eigenvalue weighted by atomic mass is 16.6. The summed E-state index contributed by atoms with van der Waals surface area (Å²) in [5, 5.41) is 2.56. The van der Waals surface area contributed by atoms with E-state index in [1.165, 1.54) is 0 Å². The molecule has 1 saturated heterocycles. The van der Waals surface area contributed by atoms with Crippen molar-refractivity contribution in [2.45, 2.75) is 6.10 Å². The van der Waals surface area contributed by atoms with Crippen LogP contribution in [-0.4, -0.2) is 44.2 Å². The van der Waals surface area contributed by atoms with E-state index in [1.807, 2.05) is 6.07 Å². The second-order valence-corrected chi connectivity index (χ2v) is 3.94. The van der Waals surface area contributed by atoms with Crippen LogP contribution in [0, 0.1) is 0 Å². The molecule has 1 amide bonds. The molecule has 1 aliphatic rings. The van der Waals surface area contributed by atoms with Crippen LogP contribution in [0.2, 0.25) is 0 Å². The van der Waals surface area contributed by atoms with Crippen LogP contribution in [-0.2, 0) is 14.3 Å². The van der Waals surface area contributed by atoms with Crippen molar-refractivity contribution in [3.8, 4) is 0 Å². The predicted molar refractivity (Wildman–Crippen MR) is 64.3 cm³/mol. The maximum atomic E-state index is 11.7. The second kappa shape index (κ2) is 6.28. The van der Waals surface area contributed by atoms with E-state index in [0.29, 0.717) is 18.8 Å². The molecule has 5 nitrogen and oxygen atoms in total. The van der Waals surface area contributed by atoms with Gasteiger partial charge >= 0.3 is 0 Å². The zero-order valence-corrected chi connectivity index (χ0v) is 9.93. The number of ketones is 1. The Labute approximate surface area is 105 Å². The first-order chi connectivity index (χ1) is 8.77. The minimum Gasteiger partial charge on any atom is -0.376 e. The molecule has 1 heterocycles. The van der Waals surface area contributed by atoms with E-state index >= 15 is 0 Å². The Morgan fingerprint density at radius 2 is 2.00 bits per heavy atom. The van der Waals surface area contributed by atoms with E-state index in [2.05, 4.69) is 5.32 Å². The Hall–Kier alpha value is -1.72. The number of hydrogen-bond acceptors (Lipinski definition) is 4. The fraction of sp³-hybridized carbons (Fsp3) is 0.385. The van der Waals surface area contributed by atoms with Crippen molar-refractivity contribution in [2.75, 3.05) is 26.4 Å². The number of benzene rings is 1. The summed E-state index contributed by atoms with van der Waals surface area (Å²) >= 11 is 0. The van der Waals surface area contributed by atoms with E-state index in [-0.39, 0.29) is 24.8 Å². The maximum Gasteiger partial charge on any atom is 0.251 e. The molecule has 0 bridgehead atoms. The van der Waals surface area contributed by atoms with Gasteiger partial charge in [0.15, 0.2) is 11.9 Å². The molecule has 1 unspecified atom stereocenters. The lowest BCUT2D eigenvalue weighted by atomic mass is 10.1. The van der Waals surface area contributed by atoms with Crippen LogP contribution in [0.5, 0.6) is 0 Å². The van der Waals surface area contributed by atoms with Crippen LogP contribution in [0.25, 0.3) is 0 Å². The van der Waals surface area contributed by atoms with Crippen molar-refractivity contribution in [3.63, 3.8) is 0 Å². The van der Waals surface area contributed by atoms with Gasteiger partial charge in [0.1, 0.15) is 0 Å². The third-order valence-corrected chi connectivity index (χ3v) is 2.63. The average Bonchev–Trinajstić information content (AvgIpc) is 2.46. The number of hydrogen-bond donors (Lipinski definition) is 1. The second-order valence-electron chi connectivity index (χ2n) is 3.94. The van der Waals surface area contributed by atoms with Crippen LogP contribution in [0.4, 0.5) is 0 Å². The van der Waals surface area contributed by atoms with Gasteiger partial charge in [0.25, 0.3) is 5.91 Å². The van der Waals surface area contributed by atoms with E-state index in [0.717, 1.165) is 0 Å². The molecule has 1 fully saturated rings. The smallest absolute Gasteiger partial charge is 0.251 e. The summed E-state index contributed by atoms with van der Waals surface area (Å²) in [5.41, 5.74) is 0.582. The first kappa shape index (κ1) is 12.7. The van der Waals surface area contributed by atoms with Crippen LogP contribution in [0.3, 0.4) is 0 Å². The molecular formula is C13H15NO4. The average molecular weight is 249 g/mol. The van der Waals surface area contributed by atoms with Gasteiger partial charge in [0.2, 0.25) is 0 Å². The summed E-state index contributed by atoms with van der Waals surface area (Å²) in [6.45, 7) is 1.13. The highest BCUT2D eigenvalue weighted by Gasteiger charge is 2.22. The van der Waals surface area contributed by atoms with Gasteiger partial charge in [0, 0.05) is 5.56 Å². The number of amides is 1. The summed E-state index contributed by atoms with van der Waals surface area (Å²) in [5.74, 6) is -0.431. The number of carbonyl (C=O) groups excluding carboxylic acids is 2. The number of rotatable bonds is 4. The summed E-state index contributed by atoms with van der Waals surface area (Å²) in [6.07, 6.45) is -0.609. The molecule has 0 spiro atoms. The Kier molecular flexibility index (Phi) is 4.44. The Morgan fingerprint density at radius 3 is 2.67 bits per heavy atom. The zero-order chi connectivity index (χ0) is 12.8. The fourth-order valence-corrected chi connectivity index (χ4v) is 1.65. The largest absolute Gasteiger partial charge is 0.376 e. The van der Waals surface area contributed by atoms with Crippen LogP contribution >= 0.6 is 0 Å². The van der Waals surface area contributed by atoms with Gasteiger partial charge in [-0.15, -0.1) is 0 Å². The van der Waals surface area contributed by atoms with Crippen molar-refractivity contribution < 1.29 is 19.1 Å². The lowest BCUT2D eigenvalue weighted by Crippen LogP contribution is -2.44. The molecule has 1 aromatic rings. The number of nitrogens with one attached hydrogen (secondary N) is 1. The standard InChI is InChI=1S/C13H15NO4/c15-11(10-4-2-1-3-5-10)8-14-13(16)12-9-17-6-7-18-12/h1-5,12H,6-9H2,(H,14,16). The van der Waals surface area contributed by atoms with Gasteiger partial charge in [-0.1, -0.05) is 30.3 Å². The molecule has 1 aliphatic heterocycles. The monoisotopic (exact) mass is 249 g/mol. The minimum atomic E-state index is -0.609. The number of Topliss-reactive ketones (excluding diaryl/α,β-unsaturated/α-hetero) is 1. The van der Waals surface area contributed by atoms with Gasteiger partial charge in [-0.25, -0.2) is 0 Å². The molecule has 0 aliphatic carbocycles. The fourth-order valence-electron chi connectivity index (χ4n) is 1.65. The highest BCUT2D eigenvalue weighted by Crippen LogP contribution is 2.02. The van der Waals surface area contributed by atoms with Crippen LogP contribution < -0.4 is 5.32 Å². The molecule has 5 heteroatoms. The van der Waals surface area contributed by atoms with Gasteiger partial charge < -0.3 is 14.8 Å². The molecule has 1 aromatic carbocycles. The first-order valence-corrected chi connectivity index (χ1v) is 5.82. The molecule has 1 atom stereocenters. The van der Waals surface area contributed by atoms with E-state index in [4.69, 9.17) is 9.47 Å². The molecular weight excluding hydrogens is 234 g/mol. The molecule has 2 rings (SSSR count). The molecule has 0 saturated carbocycles. The Balaban J connectivity index is 1.80. The van der Waals surface area contributed by atoms with Crippen molar-refractivity contribution >= 4 is 11.7 Å². The Morgan fingerprint density at radius 1 is 1.22 bits per heavy atom. The lowest BCUT2D eigenvalue weighted by molar-refractivity contribution is -0.147. The molecule has 18 heavy (non-hydrogen) atoms. The molecule has 0 radical (unpaired) electrons. The number of ether oxygens (including phenoxy) is 2. The highest BCUT2D eigenvalue weighted by molar-refractivity contribution is 5.99. The van der Waals surface area contributed by atoms with Gasteiger partial charge in [-0.05, 0) is 0 Å². The molecule has 96 valence electrons. The maximum absolute atomic E-state index is 11.7. The van der Waals surface area contributed by atoms with Crippen molar-refractivity contribution in [3.05, 3.63) is 35.9 Å². The van der Waals surface area contributed by atoms with Crippen LogP contribution in [0.1, 0.15) is 10.4 Å². The minimum absolute atomic E-state index is 0.0251. The van der Waals surface area contributed by atoms with E-state index < -0.39 is 6.10 Å². The number of carbonyl (C=O) groups is 2. The summed E-state index contributed by atoms with van der Waals surface area (Å²) in [7, 11) is 0. The van der Waals surface area contributed by atoms with E-state index in [9.17, 15) is 9.59 Å². The van der Waals surface area contributed by atoms with Crippen molar-refractivity contribution in [1.29, 1.82) is 0 Å². The third-order valence-electron chi connectivity index (χ3n) is 2.63. The lowest BCUT2D eigenvalue weighted by Gasteiger charge is -2.21. The topological polar surface area (TPSA) is 64.6 Å². The van der Waals surface area contributed by atoms with Crippen molar-refractivity contribution in [1.82, 2.24) is 5.32 Å². The quantitative estimate of drug-likeness (QED) is 0.784. The van der Waals surface area contributed by atoms with Crippen molar-refractivity contribution in [2.24, 2.45) is 0 Å². The third kappa shape index (κ3) is 3.38. The van der Waals surface area contributed by atoms with Gasteiger partial charge in [0.05, 0.1) is 26.4 Å².